The fraction of sp³-hybridized carbons (Fsp3) is 0.273. The average Bonchev–Trinajstić information content (AvgIpc) is 3.41. The Kier molecular flexibility index (Phi) is 9.52. The molecule has 5 aromatic rings. The van der Waals surface area contributed by atoms with E-state index in [4.69, 9.17) is 9.72 Å². The molecule has 0 N–H and O–H groups in total. The van der Waals surface area contributed by atoms with Crippen LogP contribution in [-0.4, -0.2) is 25.8 Å². The van der Waals surface area contributed by atoms with Gasteiger partial charge in [0.25, 0.3) is 5.56 Å². The van der Waals surface area contributed by atoms with Crippen molar-refractivity contribution in [2.75, 3.05) is 0 Å². The molecular formula is C33H34FN4O4-. The molecule has 0 aliphatic heterocycles. The molecule has 2 heterocycles. The molecule has 0 bridgehead atoms. The van der Waals surface area contributed by atoms with E-state index in [1.807, 2.05) is 93.6 Å². The molecule has 0 spiro atoms. The Hall–Kier alpha value is -4.79. The number of benzene rings is 3. The topological polar surface area (TPSA) is 106 Å². The molecule has 218 valence electrons. The fourth-order valence-electron chi connectivity index (χ4n) is 4.96. The van der Waals surface area contributed by atoms with Crippen LogP contribution in [0.5, 0.6) is 11.8 Å². The van der Waals surface area contributed by atoms with Gasteiger partial charge >= 0.3 is 0 Å². The highest BCUT2D eigenvalue weighted by molar-refractivity contribution is 5.80. The minimum absolute atomic E-state index is 0. The highest BCUT2D eigenvalue weighted by atomic mass is 19.0. The van der Waals surface area contributed by atoms with Gasteiger partial charge in [0.2, 0.25) is 0 Å². The van der Waals surface area contributed by atoms with Crippen LogP contribution in [0.4, 0.5) is 4.70 Å². The zero-order valence-corrected chi connectivity index (χ0v) is 24.2. The van der Waals surface area contributed by atoms with Gasteiger partial charge in [-0.05, 0) is 61.1 Å². The Bertz CT molecular complexity index is 1690. The molecule has 0 amide bonds. The lowest BCUT2D eigenvalue weighted by molar-refractivity contribution is -0.303. The predicted molar refractivity (Wildman–Crippen MR) is 159 cm³/mol. The maximum Gasteiger partial charge on any atom is 0.261 e. The number of rotatable bonds is 10. The first-order chi connectivity index (χ1) is 19.9. The van der Waals surface area contributed by atoms with Crippen molar-refractivity contribution < 1.29 is 19.1 Å². The molecular weight excluding hydrogens is 535 g/mol. The number of nitrogens with zero attached hydrogens (tertiary/aromatic N) is 4. The van der Waals surface area contributed by atoms with Gasteiger partial charge < -0.3 is 14.4 Å². The van der Waals surface area contributed by atoms with Crippen molar-refractivity contribution in [3.63, 3.8) is 0 Å². The number of aromatic nitrogens is 4. The van der Waals surface area contributed by atoms with E-state index < -0.39 is 6.08 Å². The Labute approximate surface area is 244 Å². The van der Waals surface area contributed by atoms with E-state index in [1.54, 1.807) is 4.57 Å². The predicted octanol–water partition coefficient (Wildman–Crippen LogP) is 6.20. The molecule has 0 aliphatic carbocycles. The van der Waals surface area contributed by atoms with Crippen molar-refractivity contribution in [3.05, 3.63) is 100 Å². The van der Waals surface area contributed by atoms with E-state index in [0.717, 1.165) is 45.9 Å². The monoisotopic (exact) mass is 569 g/mol. The Morgan fingerprint density at radius 2 is 1.57 bits per heavy atom. The smallest absolute Gasteiger partial charge is 0.261 e. The van der Waals surface area contributed by atoms with Crippen LogP contribution in [0.15, 0.2) is 82.1 Å². The molecule has 2 aromatic heterocycles. The number of hydrogen-bond acceptors (Lipinski definition) is 7. The summed E-state index contributed by atoms with van der Waals surface area (Å²) in [7, 11) is 0. The molecule has 0 atom stereocenters. The van der Waals surface area contributed by atoms with E-state index in [1.165, 1.54) is 0 Å². The number of aryl methyl sites for hydroxylation is 2. The van der Waals surface area contributed by atoms with Gasteiger partial charge in [-0.15, -0.1) is 0 Å². The van der Waals surface area contributed by atoms with Gasteiger partial charge in [-0.2, -0.15) is 5.16 Å². The lowest BCUT2D eigenvalue weighted by Crippen LogP contribution is -2.29. The molecule has 5 rings (SSSR count). The maximum absolute atomic E-state index is 14.0. The van der Waals surface area contributed by atoms with Crippen LogP contribution >= 0.6 is 0 Å². The van der Waals surface area contributed by atoms with Gasteiger partial charge in [0, 0.05) is 12.0 Å². The molecule has 0 radical (unpaired) electrons. The van der Waals surface area contributed by atoms with Crippen molar-refractivity contribution >= 4 is 0 Å². The van der Waals surface area contributed by atoms with E-state index in [0.29, 0.717) is 30.5 Å². The van der Waals surface area contributed by atoms with Crippen molar-refractivity contribution in [1.29, 1.82) is 0 Å². The van der Waals surface area contributed by atoms with Gasteiger partial charge in [-0.3, -0.25) is 14.1 Å². The summed E-state index contributed by atoms with van der Waals surface area (Å²) in [5, 5.41) is 15.3. The second-order valence-electron chi connectivity index (χ2n) is 10.2. The first kappa shape index (κ1) is 30.2. The van der Waals surface area contributed by atoms with Crippen LogP contribution in [-0.2, 0) is 19.4 Å². The summed E-state index contributed by atoms with van der Waals surface area (Å²) in [5.41, 5.74) is 5.73. The summed E-state index contributed by atoms with van der Waals surface area (Å²) in [6.45, 7) is 8.50. The summed E-state index contributed by atoms with van der Waals surface area (Å²) in [4.78, 5) is 22.9. The summed E-state index contributed by atoms with van der Waals surface area (Å²) in [5.74, 6) is 1.81. The third-order valence-corrected chi connectivity index (χ3v) is 6.83. The number of halogens is 1. The maximum atomic E-state index is 14.0. The van der Waals surface area contributed by atoms with Gasteiger partial charge in [-0.1, -0.05) is 74.5 Å². The summed E-state index contributed by atoms with van der Waals surface area (Å²) >= 11 is 0. The third kappa shape index (κ3) is 6.40. The molecule has 8 nitrogen and oxygen atoms in total. The Morgan fingerprint density at radius 3 is 2.17 bits per heavy atom. The second-order valence-corrected chi connectivity index (χ2v) is 10.2. The molecule has 0 saturated heterocycles. The highest BCUT2D eigenvalue weighted by Gasteiger charge is 2.18. The van der Waals surface area contributed by atoms with Crippen LogP contribution in [0, 0.1) is 0 Å². The Balaban J connectivity index is 0.00000405. The van der Waals surface area contributed by atoms with Crippen LogP contribution in [0.2, 0.25) is 0 Å². The van der Waals surface area contributed by atoms with Crippen molar-refractivity contribution in [2.24, 2.45) is 0 Å². The Morgan fingerprint density at radius 1 is 0.905 bits per heavy atom. The molecule has 42 heavy (non-hydrogen) atoms. The lowest BCUT2D eigenvalue weighted by atomic mass is 9.98. The molecule has 9 heteroatoms. The van der Waals surface area contributed by atoms with E-state index in [-0.39, 0.29) is 22.2 Å². The summed E-state index contributed by atoms with van der Waals surface area (Å²) < 4.78 is 12.3. The fourth-order valence-corrected chi connectivity index (χ4v) is 4.96. The molecule has 0 fully saturated rings. The van der Waals surface area contributed by atoms with Crippen molar-refractivity contribution in [3.8, 4) is 45.5 Å². The second kappa shape index (κ2) is 13.2. The quantitative estimate of drug-likeness (QED) is 0.197. The first-order valence-electron chi connectivity index (χ1n) is 14.0. The van der Waals surface area contributed by atoms with Crippen molar-refractivity contribution in [2.45, 2.75) is 59.6 Å². The first-order valence-corrected chi connectivity index (χ1v) is 14.0. The van der Waals surface area contributed by atoms with Crippen LogP contribution in [0.3, 0.4) is 0 Å². The van der Waals surface area contributed by atoms with E-state index in [2.05, 4.69) is 21.6 Å². The summed E-state index contributed by atoms with van der Waals surface area (Å²) in [6.07, 6.45) is 1.60. The van der Waals surface area contributed by atoms with Crippen molar-refractivity contribution in [1.82, 2.24) is 19.7 Å². The number of hydrogen-bond donors (Lipinski definition) is 0. The zero-order chi connectivity index (χ0) is 28.9. The van der Waals surface area contributed by atoms with Crippen LogP contribution < -0.4 is 15.4 Å². The highest BCUT2D eigenvalue weighted by Crippen LogP contribution is 2.31. The minimum atomic E-state index is -0.722. The largest absolute Gasteiger partial charge is 0.528 e. The van der Waals surface area contributed by atoms with E-state index >= 15 is 0 Å². The molecule has 3 aromatic carbocycles. The van der Waals surface area contributed by atoms with Gasteiger partial charge in [-0.25, -0.2) is 9.97 Å². The summed E-state index contributed by atoms with van der Waals surface area (Å²) in [6, 6.07) is 23.3. The standard InChI is InChI=1S/C33H34N4O4.FH/c1-5-9-29-34-28(6-2)30(24-16-18-25(19-17-24)40-21(3)4)32(38)37(29)20-22-12-14-23(15-13-22)26-10-7-8-11-27(26)31-35-33(39)41-36-31;/h7-8,10-19,21H,5-6,9,20H2,1-4H3,(H,35,36,39);1H/p-1. The average molecular weight is 570 g/mol. The van der Waals surface area contributed by atoms with Crippen LogP contribution in [0.1, 0.15) is 51.2 Å². The lowest BCUT2D eigenvalue weighted by Gasteiger charge is -2.17. The number of ether oxygens (including phenoxy) is 1. The zero-order valence-electron chi connectivity index (χ0n) is 24.2. The third-order valence-electron chi connectivity index (χ3n) is 6.83. The minimum Gasteiger partial charge on any atom is -0.528 e. The molecule has 0 saturated carbocycles. The van der Waals surface area contributed by atoms with Gasteiger partial charge in [0.1, 0.15) is 11.6 Å². The van der Waals surface area contributed by atoms with Crippen LogP contribution in [0.25, 0.3) is 33.6 Å². The van der Waals surface area contributed by atoms with Gasteiger partial charge in [0.15, 0.2) is 11.9 Å². The SMILES string of the molecule is CCCc1nc(CC)c(-c2ccc(OC(C)C)cc2)c(=O)n1Cc1ccc(-c2ccccc2-c2noc([O-])n2)cc1.F. The molecule has 0 aliphatic rings. The van der Waals surface area contributed by atoms with E-state index in [9.17, 15) is 9.90 Å². The molecule has 0 unspecified atom stereocenters. The normalized spacial score (nSPS) is 11.0. The van der Waals surface area contributed by atoms with Gasteiger partial charge in [0.05, 0.1) is 23.9 Å².